The number of nitrogen functional groups attached to an aromatic ring is 1. The molecule has 0 radical (unpaired) electrons. The number of nitrogens with two attached hydrogens (primary N) is 1. The summed E-state index contributed by atoms with van der Waals surface area (Å²) >= 11 is 1.31. The molecule has 0 aromatic carbocycles. The third kappa shape index (κ3) is 2.43. The number of anilines is 2. The lowest BCUT2D eigenvalue weighted by atomic mass is 10.1. The van der Waals surface area contributed by atoms with Crippen LogP contribution in [0.3, 0.4) is 0 Å². The van der Waals surface area contributed by atoms with Crippen molar-refractivity contribution in [2.45, 2.75) is 39.2 Å². The van der Waals surface area contributed by atoms with Crippen LogP contribution in [0.1, 0.15) is 47.2 Å². The van der Waals surface area contributed by atoms with Crippen molar-refractivity contribution in [2.75, 3.05) is 11.1 Å². The van der Waals surface area contributed by atoms with E-state index in [4.69, 9.17) is 10.3 Å². The first kappa shape index (κ1) is 15.1. The number of aryl methyl sites for hydroxylation is 2. The van der Waals surface area contributed by atoms with Crippen molar-refractivity contribution < 1.29 is 14.0 Å². The predicted octanol–water partition coefficient (Wildman–Crippen LogP) is 2.48. The fourth-order valence-corrected chi connectivity index (χ4v) is 3.88. The van der Waals surface area contributed by atoms with Gasteiger partial charge in [0.2, 0.25) is 5.27 Å². The molecule has 3 heterocycles. The van der Waals surface area contributed by atoms with Crippen molar-refractivity contribution in [1.29, 1.82) is 0 Å². The van der Waals surface area contributed by atoms with E-state index in [9.17, 15) is 4.79 Å². The Morgan fingerprint density at radius 1 is 1.46 bits per heavy atom. The number of fused-ring (bicyclic) bond motifs is 2. The van der Waals surface area contributed by atoms with Crippen LogP contribution in [0.4, 0.5) is 11.6 Å². The normalized spacial score (nSPS) is 13.6. The first-order valence-corrected chi connectivity index (χ1v) is 8.75. The second-order valence-corrected chi connectivity index (χ2v) is 7.24. The maximum Gasteiger partial charge on any atom is 0.302 e. The second kappa shape index (κ2) is 5.55. The molecule has 1 amide bonds. The van der Waals surface area contributed by atoms with E-state index in [1.54, 1.807) is 10.9 Å². The lowest BCUT2D eigenvalue weighted by molar-refractivity contribution is -0.779. The summed E-state index contributed by atoms with van der Waals surface area (Å²) in [7, 11) is 0. The number of carbonyl (C=O) groups excluding carboxylic acids is 1. The van der Waals surface area contributed by atoms with Gasteiger partial charge in [0.1, 0.15) is 9.71 Å². The fourth-order valence-electron chi connectivity index (χ4n) is 2.89. The number of nitrogens with zero attached hydrogens (tertiary/aromatic N) is 3. The first-order valence-electron chi connectivity index (χ1n) is 7.93. The van der Waals surface area contributed by atoms with E-state index in [1.165, 1.54) is 16.9 Å². The van der Waals surface area contributed by atoms with Crippen LogP contribution in [-0.2, 0) is 12.8 Å². The average Bonchev–Trinajstić information content (AvgIpc) is 3.24. The van der Waals surface area contributed by atoms with Gasteiger partial charge in [0.25, 0.3) is 12.1 Å². The third-order valence-corrected chi connectivity index (χ3v) is 5.32. The molecule has 3 aromatic rings. The number of hydrogen-bond donors (Lipinski definition) is 2. The maximum atomic E-state index is 12.5. The van der Waals surface area contributed by atoms with Gasteiger partial charge in [-0.05, 0) is 49.4 Å². The molecule has 124 valence electrons. The Hall–Kier alpha value is -2.48. The molecular formula is C16H18N5O2S+. The number of aromatic nitrogens is 3. The van der Waals surface area contributed by atoms with Crippen molar-refractivity contribution in [2.24, 2.45) is 0 Å². The summed E-state index contributed by atoms with van der Waals surface area (Å²) in [5, 5.41) is 7.42. The van der Waals surface area contributed by atoms with Gasteiger partial charge in [-0.25, -0.2) is 4.98 Å². The molecule has 0 spiro atoms. The SMILES string of the molecule is CC(C)[n+]1cc(NC(=O)c2sc3nc4c(cc3c2N)CCC4)on1. The monoisotopic (exact) mass is 344 g/mol. The second-order valence-electron chi connectivity index (χ2n) is 6.24. The molecule has 3 aromatic heterocycles. The molecule has 3 N–H and O–H groups in total. The number of hydrogen-bond acceptors (Lipinski definition) is 6. The zero-order valence-electron chi connectivity index (χ0n) is 13.5. The number of pyridine rings is 1. The summed E-state index contributed by atoms with van der Waals surface area (Å²) in [6.07, 6.45) is 4.81. The van der Waals surface area contributed by atoms with Crippen LogP contribution in [-0.4, -0.2) is 16.2 Å². The van der Waals surface area contributed by atoms with Gasteiger partial charge < -0.3 is 5.73 Å². The largest absolute Gasteiger partial charge is 0.397 e. The molecule has 0 aliphatic heterocycles. The molecule has 0 unspecified atom stereocenters. The predicted molar refractivity (Wildman–Crippen MR) is 91.1 cm³/mol. The van der Waals surface area contributed by atoms with Crippen molar-refractivity contribution in [3.05, 3.63) is 28.4 Å². The Morgan fingerprint density at radius 3 is 3.04 bits per heavy atom. The fraction of sp³-hybridized carbons (Fsp3) is 0.375. The lowest BCUT2D eigenvalue weighted by Gasteiger charge is -1.99. The van der Waals surface area contributed by atoms with Gasteiger partial charge >= 0.3 is 5.88 Å². The summed E-state index contributed by atoms with van der Waals surface area (Å²) in [4.78, 5) is 18.5. The van der Waals surface area contributed by atoms with Crippen LogP contribution in [0.2, 0.25) is 0 Å². The van der Waals surface area contributed by atoms with E-state index in [0.29, 0.717) is 16.4 Å². The molecule has 0 atom stereocenters. The van der Waals surface area contributed by atoms with Crippen molar-refractivity contribution in [3.8, 4) is 0 Å². The van der Waals surface area contributed by atoms with Crippen LogP contribution in [0, 0.1) is 0 Å². The van der Waals surface area contributed by atoms with E-state index < -0.39 is 0 Å². The zero-order chi connectivity index (χ0) is 16.8. The number of amides is 1. The van der Waals surface area contributed by atoms with Gasteiger partial charge in [-0.15, -0.1) is 11.3 Å². The van der Waals surface area contributed by atoms with Crippen LogP contribution < -0.4 is 15.7 Å². The van der Waals surface area contributed by atoms with Crippen LogP contribution in [0.5, 0.6) is 0 Å². The molecule has 0 saturated carbocycles. The number of carbonyl (C=O) groups is 1. The highest BCUT2D eigenvalue weighted by Gasteiger charge is 2.23. The number of rotatable bonds is 3. The summed E-state index contributed by atoms with van der Waals surface area (Å²) in [6.45, 7) is 3.95. The minimum Gasteiger partial charge on any atom is -0.397 e. The molecule has 4 rings (SSSR count). The molecule has 0 bridgehead atoms. The summed E-state index contributed by atoms with van der Waals surface area (Å²) in [6, 6.07) is 2.23. The highest BCUT2D eigenvalue weighted by atomic mass is 32.1. The zero-order valence-corrected chi connectivity index (χ0v) is 14.3. The van der Waals surface area contributed by atoms with Crippen LogP contribution in [0.25, 0.3) is 10.2 Å². The molecular weight excluding hydrogens is 326 g/mol. The smallest absolute Gasteiger partial charge is 0.302 e. The molecule has 0 fully saturated rings. The molecule has 1 aliphatic rings. The Balaban J connectivity index is 1.65. The summed E-state index contributed by atoms with van der Waals surface area (Å²) < 4.78 is 6.76. The Kier molecular flexibility index (Phi) is 3.49. The van der Waals surface area contributed by atoms with Gasteiger partial charge in [0.05, 0.1) is 5.69 Å². The minimum atomic E-state index is -0.303. The molecule has 1 aliphatic carbocycles. The average molecular weight is 344 g/mol. The van der Waals surface area contributed by atoms with Crippen LogP contribution >= 0.6 is 11.3 Å². The van der Waals surface area contributed by atoms with E-state index in [2.05, 4.69) is 21.6 Å². The summed E-state index contributed by atoms with van der Waals surface area (Å²) in [5.74, 6) is -0.0104. The topological polar surface area (TPSA) is 97.9 Å². The third-order valence-electron chi connectivity index (χ3n) is 4.20. The molecule has 0 saturated heterocycles. The van der Waals surface area contributed by atoms with E-state index in [0.717, 1.165) is 35.2 Å². The molecule has 7 nitrogen and oxygen atoms in total. The molecule has 8 heteroatoms. The lowest BCUT2D eigenvalue weighted by Crippen LogP contribution is -2.36. The van der Waals surface area contributed by atoms with Gasteiger partial charge in [-0.1, -0.05) is 0 Å². The Bertz CT molecular complexity index is 943. The maximum absolute atomic E-state index is 12.5. The van der Waals surface area contributed by atoms with E-state index >= 15 is 0 Å². The first-order chi connectivity index (χ1) is 11.5. The van der Waals surface area contributed by atoms with Gasteiger partial charge in [-0.3, -0.25) is 14.6 Å². The standard InChI is InChI=1S/C16H17N5O2S/c1-8(2)21-7-12(23-20-21)19-15(22)14-13(17)10-6-9-4-3-5-11(9)18-16(10)24-14/h6-8H,3-5H2,1-2H3,(H2-,17,19,20,22)/p+1. The Morgan fingerprint density at radius 2 is 2.29 bits per heavy atom. The quantitative estimate of drug-likeness (QED) is 0.711. The van der Waals surface area contributed by atoms with Gasteiger partial charge in [0.15, 0.2) is 6.04 Å². The Labute approximate surface area is 142 Å². The van der Waals surface area contributed by atoms with Crippen molar-refractivity contribution in [3.63, 3.8) is 0 Å². The highest BCUT2D eigenvalue weighted by Crippen LogP contribution is 2.36. The number of thiophene rings is 1. The van der Waals surface area contributed by atoms with Gasteiger partial charge in [0, 0.05) is 11.1 Å². The van der Waals surface area contributed by atoms with Gasteiger partial charge in [-0.2, -0.15) is 0 Å². The number of nitrogens with one attached hydrogen (secondary N) is 1. The van der Waals surface area contributed by atoms with E-state index in [-0.39, 0.29) is 11.9 Å². The summed E-state index contributed by atoms with van der Waals surface area (Å²) in [5.41, 5.74) is 9.05. The highest BCUT2D eigenvalue weighted by molar-refractivity contribution is 7.21. The van der Waals surface area contributed by atoms with E-state index in [1.807, 2.05) is 13.8 Å². The minimum absolute atomic E-state index is 0.153. The van der Waals surface area contributed by atoms with Crippen LogP contribution in [0.15, 0.2) is 16.8 Å². The van der Waals surface area contributed by atoms with Crippen molar-refractivity contribution >= 4 is 39.0 Å². The van der Waals surface area contributed by atoms with Crippen molar-refractivity contribution in [1.82, 2.24) is 10.3 Å². The molecule has 24 heavy (non-hydrogen) atoms.